The van der Waals surface area contributed by atoms with Gasteiger partial charge in [0.25, 0.3) is 5.56 Å². The Morgan fingerprint density at radius 1 is 1.26 bits per heavy atom. The van der Waals surface area contributed by atoms with E-state index in [-0.39, 0.29) is 19.4 Å². The first-order chi connectivity index (χ1) is 10.6. The number of aryl methyl sites for hydroxylation is 1. The smallest absolute Gasteiger partial charge is 0.383 e. The van der Waals surface area contributed by atoms with Gasteiger partial charge in [0.15, 0.2) is 6.10 Å². The van der Waals surface area contributed by atoms with E-state index in [0.29, 0.717) is 18.7 Å². The van der Waals surface area contributed by atoms with Crippen LogP contribution in [0.1, 0.15) is 18.4 Å². The molecule has 0 amide bonds. The Morgan fingerprint density at radius 2 is 1.83 bits per heavy atom. The second-order valence-electron chi connectivity index (χ2n) is 6.01. The van der Waals surface area contributed by atoms with E-state index in [2.05, 4.69) is 0 Å². The number of rotatable bonds is 3. The molecule has 130 valence electrons. The van der Waals surface area contributed by atoms with Crippen LogP contribution in [-0.2, 0) is 20.6 Å². The zero-order valence-electron chi connectivity index (χ0n) is 13.0. The number of aromatic nitrogens is 2. The molecule has 1 N–H and O–H groups in total. The van der Waals surface area contributed by atoms with Crippen molar-refractivity contribution in [2.24, 2.45) is 20.0 Å². The number of likely N-dealkylation sites (tertiary alicyclic amines) is 1. The van der Waals surface area contributed by atoms with Crippen LogP contribution in [0.4, 0.5) is 13.2 Å². The van der Waals surface area contributed by atoms with Gasteiger partial charge in [0.1, 0.15) is 0 Å². The predicted molar refractivity (Wildman–Crippen MR) is 77.0 cm³/mol. The Morgan fingerprint density at radius 3 is 2.35 bits per heavy atom. The van der Waals surface area contributed by atoms with E-state index >= 15 is 0 Å². The van der Waals surface area contributed by atoms with Gasteiger partial charge in [-0.2, -0.15) is 13.2 Å². The molecule has 1 aromatic heterocycles. The molecule has 6 nitrogen and oxygen atoms in total. The molecular weight excluding hydrogens is 315 g/mol. The maximum Gasteiger partial charge on any atom is 0.414 e. The fourth-order valence-electron chi connectivity index (χ4n) is 2.93. The standard InChI is InChI=1S/C14H20F3N3O3/c1-18-7-10(12(22)19(2)13(18)23)8-20-5-3-9(4-6-20)11(21)14(15,16)17/h7,9,11,21H,3-6,8H2,1-2H3. The summed E-state index contributed by atoms with van der Waals surface area (Å²) in [5.41, 5.74) is -0.402. The number of nitrogens with zero attached hydrogens (tertiary/aromatic N) is 3. The summed E-state index contributed by atoms with van der Waals surface area (Å²) in [4.78, 5) is 25.5. The largest absolute Gasteiger partial charge is 0.414 e. The predicted octanol–water partition coefficient (Wildman–Crippen LogP) is 0.219. The van der Waals surface area contributed by atoms with Crippen LogP contribution in [-0.4, -0.2) is 44.5 Å². The minimum absolute atomic E-state index is 0.215. The van der Waals surface area contributed by atoms with Crippen molar-refractivity contribution in [1.82, 2.24) is 14.0 Å². The molecule has 1 fully saturated rings. The van der Waals surface area contributed by atoms with E-state index in [9.17, 15) is 27.9 Å². The van der Waals surface area contributed by atoms with E-state index in [4.69, 9.17) is 0 Å². The molecule has 0 aliphatic carbocycles. The highest BCUT2D eigenvalue weighted by molar-refractivity contribution is 5.05. The minimum Gasteiger partial charge on any atom is -0.383 e. The number of aliphatic hydroxyl groups is 1. The van der Waals surface area contributed by atoms with Crippen LogP contribution in [0.5, 0.6) is 0 Å². The first kappa shape index (κ1) is 17.7. The molecule has 1 aromatic rings. The van der Waals surface area contributed by atoms with Crippen LogP contribution in [0.25, 0.3) is 0 Å². The van der Waals surface area contributed by atoms with E-state index < -0.39 is 29.4 Å². The monoisotopic (exact) mass is 335 g/mol. The maximum atomic E-state index is 12.5. The zero-order chi connectivity index (χ0) is 17.4. The van der Waals surface area contributed by atoms with Gasteiger partial charge in [0.2, 0.25) is 0 Å². The van der Waals surface area contributed by atoms with Crippen LogP contribution in [0.2, 0.25) is 0 Å². The Balaban J connectivity index is 2.03. The Labute approximate surface area is 130 Å². The molecule has 1 saturated heterocycles. The summed E-state index contributed by atoms with van der Waals surface area (Å²) in [5, 5.41) is 9.30. The summed E-state index contributed by atoms with van der Waals surface area (Å²) in [5.74, 6) is -0.811. The summed E-state index contributed by atoms with van der Waals surface area (Å²) in [6.07, 6.45) is -5.00. The van der Waals surface area contributed by atoms with Gasteiger partial charge < -0.3 is 9.67 Å². The van der Waals surface area contributed by atoms with Gasteiger partial charge in [-0.3, -0.25) is 14.3 Å². The van der Waals surface area contributed by atoms with Crippen LogP contribution in [0, 0.1) is 5.92 Å². The number of halogens is 3. The van der Waals surface area contributed by atoms with Crippen molar-refractivity contribution in [1.29, 1.82) is 0 Å². The number of hydrogen-bond acceptors (Lipinski definition) is 4. The lowest BCUT2D eigenvalue weighted by Gasteiger charge is -2.34. The average molecular weight is 335 g/mol. The van der Waals surface area contributed by atoms with E-state index in [1.54, 1.807) is 0 Å². The van der Waals surface area contributed by atoms with Gasteiger partial charge in [-0.05, 0) is 31.8 Å². The summed E-state index contributed by atoms with van der Waals surface area (Å²) >= 11 is 0. The van der Waals surface area contributed by atoms with Crippen molar-refractivity contribution < 1.29 is 18.3 Å². The van der Waals surface area contributed by atoms with Gasteiger partial charge in [-0.25, -0.2) is 4.79 Å². The summed E-state index contributed by atoms with van der Waals surface area (Å²) in [6.45, 7) is 1.00. The molecule has 0 bridgehead atoms. The van der Waals surface area contributed by atoms with Gasteiger partial charge in [0.05, 0.1) is 0 Å². The van der Waals surface area contributed by atoms with Gasteiger partial charge >= 0.3 is 11.9 Å². The molecular formula is C14H20F3N3O3. The normalized spacial score (nSPS) is 19.0. The van der Waals surface area contributed by atoms with Gasteiger partial charge in [-0.15, -0.1) is 0 Å². The van der Waals surface area contributed by atoms with Crippen LogP contribution in [0.3, 0.4) is 0 Å². The highest BCUT2D eigenvalue weighted by atomic mass is 19.4. The van der Waals surface area contributed by atoms with Crippen LogP contribution in [0.15, 0.2) is 15.8 Å². The Kier molecular flexibility index (Phi) is 5.00. The van der Waals surface area contributed by atoms with Crippen LogP contribution >= 0.6 is 0 Å². The van der Waals surface area contributed by atoms with Gasteiger partial charge in [-0.1, -0.05) is 0 Å². The lowest BCUT2D eigenvalue weighted by atomic mass is 9.91. The Bertz CT molecular complexity index is 673. The van der Waals surface area contributed by atoms with Crippen molar-refractivity contribution in [2.45, 2.75) is 31.7 Å². The highest BCUT2D eigenvalue weighted by Gasteiger charge is 2.44. The maximum absolute atomic E-state index is 12.5. The third kappa shape index (κ3) is 3.84. The number of aliphatic hydroxyl groups excluding tert-OH is 1. The van der Waals surface area contributed by atoms with Crippen molar-refractivity contribution in [3.8, 4) is 0 Å². The molecule has 1 atom stereocenters. The molecule has 0 aromatic carbocycles. The third-order valence-electron chi connectivity index (χ3n) is 4.33. The molecule has 23 heavy (non-hydrogen) atoms. The molecule has 0 radical (unpaired) electrons. The minimum atomic E-state index is -4.60. The summed E-state index contributed by atoms with van der Waals surface area (Å²) < 4.78 is 39.9. The van der Waals surface area contributed by atoms with Crippen molar-refractivity contribution in [3.05, 3.63) is 32.6 Å². The molecule has 1 aliphatic heterocycles. The fourth-order valence-corrected chi connectivity index (χ4v) is 2.93. The van der Waals surface area contributed by atoms with Crippen molar-refractivity contribution in [3.63, 3.8) is 0 Å². The second-order valence-corrected chi connectivity index (χ2v) is 6.01. The third-order valence-corrected chi connectivity index (χ3v) is 4.33. The molecule has 0 spiro atoms. The molecule has 1 unspecified atom stereocenters. The lowest BCUT2D eigenvalue weighted by molar-refractivity contribution is -0.223. The SMILES string of the molecule is Cn1cc(CN2CCC(C(O)C(F)(F)F)CC2)c(=O)n(C)c1=O. The lowest BCUT2D eigenvalue weighted by Crippen LogP contribution is -2.44. The number of hydrogen-bond donors (Lipinski definition) is 1. The fraction of sp³-hybridized carbons (Fsp3) is 0.714. The van der Waals surface area contributed by atoms with E-state index in [1.165, 1.54) is 24.9 Å². The summed E-state index contributed by atoms with van der Waals surface area (Å²) in [6, 6.07) is 0. The van der Waals surface area contributed by atoms with Gasteiger partial charge in [0, 0.05) is 32.4 Å². The molecule has 2 heterocycles. The quantitative estimate of drug-likeness (QED) is 0.858. The molecule has 2 rings (SSSR count). The highest BCUT2D eigenvalue weighted by Crippen LogP contribution is 2.31. The number of piperidine rings is 1. The average Bonchev–Trinajstić information content (AvgIpc) is 2.49. The second kappa shape index (κ2) is 6.48. The van der Waals surface area contributed by atoms with Crippen LogP contribution < -0.4 is 11.2 Å². The first-order valence-corrected chi connectivity index (χ1v) is 7.34. The first-order valence-electron chi connectivity index (χ1n) is 7.34. The Hall–Kier alpha value is -1.61. The van der Waals surface area contributed by atoms with Crippen molar-refractivity contribution in [2.75, 3.05) is 13.1 Å². The number of alkyl halides is 3. The van der Waals surface area contributed by atoms with E-state index in [1.807, 2.05) is 4.90 Å². The zero-order valence-corrected chi connectivity index (χ0v) is 13.0. The van der Waals surface area contributed by atoms with Crippen molar-refractivity contribution >= 4 is 0 Å². The van der Waals surface area contributed by atoms with E-state index in [0.717, 1.165) is 4.57 Å². The topological polar surface area (TPSA) is 67.5 Å². The molecule has 1 aliphatic rings. The molecule has 0 saturated carbocycles. The molecule has 9 heteroatoms. The summed E-state index contributed by atoms with van der Waals surface area (Å²) in [7, 11) is 2.93.